The van der Waals surface area contributed by atoms with E-state index in [2.05, 4.69) is 72.1 Å². The van der Waals surface area contributed by atoms with Crippen LogP contribution in [0, 0.1) is 11.8 Å². The molecule has 3 nitrogen and oxygen atoms in total. The van der Waals surface area contributed by atoms with Gasteiger partial charge in [-0.3, -0.25) is 4.79 Å². The van der Waals surface area contributed by atoms with Crippen molar-refractivity contribution in [3.05, 3.63) is 77.4 Å². The molecule has 34 heavy (non-hydrogen) atoms. The van der Waals surface area contributed by atoms with Crippen LogP contribution >= 0.6 is 0 Å². The molecule has 0 spiro atoms. The molecule has 3 atom stereocenters. The summed E-state index contributed by atoms with van der Waals surface area (Å²) in [5.41, 5.74) is 10.7. The van der Waals surface area contributed by atoms with Crippen molar-refractivity contribution >= 4 is 12.0 Å². The first-order valence-corrected chi connectivity index (χ1v) is 13.5. The van der Waals surface area contributed by atoms with Gasteiger partial charge in [0.25, 0.3) is 0 Å². The van der Waals surface area contributed by atoms with Crippen LogP contribution in [0.5, 0.6) is 0 Å². The third-order valence-corrected chi connectivity index (χ3v) is 8.80. The van der Waals surface area contributed by atoms with Crippen LogP contribution in [0.1, 0.15) is 81.8 Å². The number of carbonyl (C=O) groups is 1. The van der Waals surface area contributed by atoms with E-state index in [1.807, 2.05) is 0 Å². The Morgan fingerprint density at radius 2 is 1.65 bits per heavy atom. The number of amides is 1. The molecule has 5 rings (SSSR count). The number of nitrogens with two attached hydrogens (primary N) is 1. The van der Waals surface area contributed by atoms with Crippen molar-refractivity contribution < 1.29 is 4.79 Å². The number of allylic oxidation sites excluding steroid dienone is 1. The van der Waals surface area contributed by atoms with Crippen LogP contribution in [0.2, 0.25) is 0 Å². The molecule has 3 aliphatic carbocycles. The highest BCUT2D eigenvalue weighted by molar-refractivity contribution is 5.76. The Kier molecular flexibility index (Phi) is 7.20. The third-order valence-electron chi connectivity index (χ3n) is 8.80. The average molecular weight is 457 g/mol. The predicted octanol–water partition coefficient (Wildman–Crippen LogP) is 6.38. The van der Waals surface area contributed by atoms with Crippen molar-refractivity contribution in [3.63, 3.8) is 0 Å². The van der Waals surface area contributed by atoms with E-state index in [4.69, 9.17) is 5.73 Å². The van der Waals surface area contributed by atoms with Gasteiger partial charge in [-0.1, -0.05) is 78.7 Å². The highest BCUT2D eigenvalue weighted by Gasteiger charge is 2.46. The van der Waals surface area contributed by atoms with Crippen molar-refractivity contribution in [1.82, 2.24) is 5.32 Å². The van der Waals surface area contributed by atoms with Crippen molar-refractivity contribution in [1.29, 1.82) is 0 Å². The highest BCUT2D eigenvalue weighted by Crippen LogP contribution is 2.55. The standard InChI is InChI=1S/C31H40N2O/c32-27-14-16-28(17-15-27)33-30(34)18-13-25-22-31(26-11-5-2-6-12-26)19-7-10-24(21-31)29(25)20-23-8-3-1-4-9-23/h1-6,8-9,11-12,20,24-25,27-28H,7,10,13-19,21-22,32H2,(H,33,34)/b29-20+/t24?,25?,27-,28-,31?. The molecule has 2 aromatic rings. The Morgan fingerprint density at radius 1 is 0.941 bits per heavy atom. The number of fused-ring (bicyclic) bond motifs is 2. The minimum atomic E-state index is 0.226. The number of hydrogen-bond donors (Lipinski definition) is 2. The minimum Gasteiger partial charge on any atom is -0.353 e. The highest BCUT2D eigenvalue weighted by atomic mass is 16.1. The largest absolute Gasteiger partial charge is 0.353 e. The number of hydrogen-bond acceptors (Lipinski definition) is 2. The van der Waals surface area contributed by atoms with Crippen LogP contribution in [0.3, 0.4) is 0 Å². The topological polar surface area (TPSA) is 55.1 Å². The fourth-order valence-electron chi connectivity index (χ4n) is 7.04. The molecule has 2 aromatic carbocycles. The van der Waals surface area contributed by atoms with Crippen LogP contribution in [-0.4, -0.2) is 18.0 Å². The van der Waals surface area contributed by atoms with E-state index in [1.54, 1.807) is 5.57 Å². The molecule has 180 valence electrons. The van der Waals surface area contributed by atoms with Gasteiger partial charge in [-0.2, -0.15) is 0 Å². The van der Waals surface area contributed by atoms with Gasteiger partial charge in [0.15, 0.2) is 0 Å². The first-order valence-electron chi connectivity index (χ1n) is 13.5. The lowest BCUT2D eigenvalue weighted by molar-refractivity contribution is -0.122. The van der Waals surface area contributed by atoms with Crippen molar-refractivity contribution in [2.75, 3.05) is 0 Å². The second-order valence-corrected chi connectivity index (χ2v) is 11.1. The smallest absolute Gasteiger partial charge is 0.220 e. The quantitative estimate of drug-likeness (QED) is 0.529. The molecule has 0 heterocycles. The molecule has 0 saturated heterocycles. The first kappa shape index (κ1) is 23.4. The summed E-state index contributed by atoms with van der Waals surface area (Å²) in [4.78, 5) is 12.9. The molecule has 0 radical (unpaired) electrons. The Bertz CT molecular complexity index is 977. The molecule has 0 aliphatic heterocycles. The Balaban J connectivity index is 1.35. The summed E-state index contributed by atoms with van der Waals surface area (Å²) >= 11 is 0. The van der Waals surface area contributed by atoms with E-state index < -0.39 is 0 Å². The summed E-state index contributed by atoms with van der Waals surface area (Å²) in [5.74, 6) is 1.31. The molecule has 3 saturated carbocycles. The van der Waals surface area contributed by atoms with Crippen LogP contribution in [0.25, 0.3) is 6.08 Å². The molecule has 3 fully saturated rings. The molecule has 3 N–H and O–H groups in total. The molecular formula is C31H40N2O. The monoisotopic (exact) mass is 456 g/mol. The molecular weight excluding hydrogens is 416 g/mol. The van der Waals surface area contributed by atoms with E-state index in [1.165, 1.54) is 36.8 Å². The van der Waals surface area contributed by atoms with Gasteiger partial charge in [0.1, 0.15) is 0 Å². The third kappa shape index (κ3) is 5.30. The Hall–Kier alpha value is -2.39. The first-order chi connectivity index (χ1) is 16.6. The van der Waals surface area contributed by atoms with E-state index in [-0.39, 0.29) is 11.3 Å². The zero-order chi connectivity index (χ0) is 23.4. The molecule has 3 aliphatic rings. The summed E-state index contributed by atoms with van der Waals surface area (Å²) in [6, 6.07) is 22.6. The predicted molar refractivity (Wildman–Crippen MR) is 140 cm³/mol. The van der Waals surface area contributed by atoms with E-state index in [9.17, 15) is 4.79 Å². The number of carbonyl (C=O) groups excluding carboxylic acids is 1. The summed E-state index contributed by atoms with van der Waals surface area (Å²) in [7, 11) is 0. The van der Waals surface area contributed by atoms with Gasteiger partial charge in [0.05, 0.1) is 0 Å². The van der Waals surface area contributed by atoms with E-state index in [0.29, 0.717) is 30.3 Å². The van der Waals surface area contributed by atoms with Crippen molar-refractivity contribution in [2.24, 2.45) is 17.6 Å². The van der Waals surface area contributed by atoms with Gasteiger partial charge >= 0.3 is 0 Å². The minimum absolute atomic E-state index is 0.226. The van der Waals surface area contributed by atoms with Gasteiger partial charge in [-0.05, 0) is 86.2 Å². The summed E-state index contributed by atoms with van der Waals surface area (Å²) < 4.78 is 0. The Morgan fingerprint density at radius 3 is 2.38 bits per heavy atom. The lowest BCUT2D eigenvalue weighted by atomic mass is 9.54. The maximum atomic E-state index is 12.9. The fraction of sp³-hybridized carbons (Fsp3) is 0.516. The van der Waals surface area contributed by atoms with Crippen molar-refractivity contribution in [3.8, 4) is 0 Å². The molecule has 3 heteroatoms. The number of benzene rings is 2. The maximum absolute atomic E-state index is 12.9. The van der Waals surface area contributed by atoms with Crippen LogP contribution in [0.15, 0.2) is 66.2 Å². The van der Waals surface area contributed by atoms with E-state index in [0.717, 1.165) is 38.5 Å². The van der Waals surface area contributed by atoms with E-state index >= 15 is 0 Å². The van der Waals surface area contributed by atoms with Gasteiger partial charge in [0.2, 0.25) is 5.91 Å². The lowest BCUT2D eigenvalue weighted by Crippen LogP contribution is -2.43. The van der Waals surface area contributed by atoms with Crippen LogP contribution in [0.4, 0.5) is 0 Å². The zero-order valence-electron chi connectivity index (χ0n) is 20.4. The van der Waals surface area contributed by atoms with Crippen molar-refractivity contribution in [2.45, 2.75) is 88.1 Å². The number of nitrogens with one attached hydrogen (secondary N) is 1. The number of rotatable bonds is 6. The molecule has 2 bridgehead atoms. The van der Waals surface area contributed by atoms with Gasteiger partial charge in [0, 0.05) is 18.5 Å². The molecule has 1 amide bonds. The van der Waals surface area contributed by atoms with Gasteiger partial charge in [-0.25, -0.2) is 0 Å². The van der Waals surface area contributed by atoms with Gasteiger partial charge in [-0.15, -0.1) is 0 Å². The SMILES string of the molecule is N[C@H]1CC[C@H](NC(=O)CCC2CC3(c4ccccc4)CCCC(C3)/C2=C\c2ccccc2)CC1. The van der Waals surface area contributed by atoms with Crippen LogP contribution < -0.4 is 11.1 Å². The normalized spacial score (nSPS) is 32.3. The summed E-state index contributed by atoms with van der Waals surface area (Å²) in [5, 5.41) is 3.32. The second kappa shape index (κ2) is 10.5. The fourth-order valence-corrected chi connectivity index (χ4v) is 7.04. The second-order valence-electron chi connectivity index (χ2n) is 11.1. The molecule has 0 aromatic heterocycles. The zero-order valence-corrected chi connectivity index (χ0v) is 20.4. The average Bonchev–Trinajstić information content (AvgIpc) is 2.87. The van der Waals surface area contributed by atoms with Gasteiger partial charge < -0.3 is 11.1 Å². The lowest BCUT2D eigenvalue weighted by Gasteiger charge is -2.50. The van der Waals surface area contributed by atoms with Crippen LogP contribution in [-0.2, 0) is 10.2 Å². The summed E-state index contributed by atoms with van der Waals surface area (Å²) in [6.07, 6.45) is 14.4. The summed E-state index contributed by atoms with van der Waals surface area (Å²) in [6.45, 7) is 0. The Labute approximate surface area is 205 Å². The molecule has 3 unspecified atom stereocenters. The maximum Gasteiger partial charge on any atom is 0.220 e.